The second kappa shape index (κ2) is 9.83. The normalized spacial score (nSPS) is 15.6. The van der Waals surface area contributed by atoms with Crippen LogP contribution in [0.3, 0.4) is 0 Å². The maximum Gasteiger partial charge on any atom is 0.248 e. The van der Waals surface area contributed by atoms with Gasteiger partial charge in [0.1, 0.15) is 6.04 Å². The summed E-state index contributed by atoms with van der Waals surface area (Å²) in [6, 6.07) is 15.6. The van der Waals surface area contributed by atoms with Gasteiger partial charge in [0, 0.05) is 13.6 Å². The number of carbonyl (C=O) groups excluding carboxylic acids is 2. The van der Waals surface area contributed by atoms with Gasteiger partial charge in [-0.3, -0.25) is 9.59 Å². The second-order valence-electron chi connectivity index (χ2n) is 8.75. The number of thiazole rings is 1. The first-order valence-electron chi connectivity index (χ1n) is 11.6. The molecule has 4 aromatic rings. The van der Waals surface area contributed by atoms with Crippen molar-refractivity contribution in [2.24, 2.45) is 7.05 Å². The van der Waals surface area contributed by atoms with Crippen LogP contribution in [0.2, 0.25) is 0 Å². The average molecular weight is 506 g/mol. The number of benzene rings is 2. The van der Waals surface area contributed by atoms with Crippen LogP contribution >= 0.6 is 23.1 Å². The lowest BCUT2D eigenvalue weighted by molar-refractivity contribution is -0.134. The predicted molar refractivity (Wildman–Crippen MR) is 142 cm³/mol. The molecule has 1 saturated heterocycles. The molecule has 180 valence electrons. The predicted octanol–water partition coefficient (Wildman–Crippen LogP) is 5.04. The molecule has 1 N–H and O–H groups in total. The van der Waals surface area contributed by atoms with Gasteiger partial charge in [-0.05, 0) is 49.9 Å². The highest BCUT2D eigenvalue weighted by atomic mass is 32.2. The summed E-state index contributed by atoms with van der Waals surface area (Å²) >= 11 is 2.96. The molecule has 0 saturated carbocycles. The van der Waals surface area contributed by atoms with E-state index < -0.39 is 6.04 Å². The molecule has 9 heteroatoms. The number of aromatic nitrogens is 3. The Labute approximate surface area is 212 Å². The van der Waals surface area contributed by atoms with Gasteiger partial charge in [-0.1, -0.05) is 48.2 Å². The van der Waals surface area contributed by atoms with Gasteiger partial charge in [-0.2, -0.15) is 0 Å². The lowest BCUT2D eigenvalue weighted by Crippen LogP contribution is -2.44. The van der Waals surface area contributed by atoms with Crippen LogP contribution in [0.4, 0.5) is 5.82 Å². The van der Waals surface area contributed by atoms with Gasteiger partial charge in [0.2, 0.25) is 11.8 Å². The first-order chi connectivity index (χ1) is 16.9. The molecule has 35 heavy (non-hydrogen) atoms. The lowest BCUT2D eigenvalue weighted by Gasteiger charge is -2.23. The molecule has 0 unspecified atom stereocenters. The van der Waals surface area contributed by atoms with Crippen molar-refractivity contribution in [2.45, 2.75) is 37.9 Å². The molecular weight excluding hydrogens is 478 g/mol. The summed E-state index contributed by atoms with van der Waals surface area (Å²) in [5.41, 5.74) is 4.13. The number of likely N-dealkylation sites (tertiary alicyclic amines) is 1. The van der Waals surface area contributed by atoms with Crippen LogP contribution in [0.25, 0.3) is 21.5 Å². The van der Waals surface area contributed by atoms with Gasteiger partial charge in [0.25, 0.3) is 0 Å². The molecule has 2 aromatic carbocycles. The van der Waals surface area contributed by atoms with E-state index in [9.17, 15) is 9.59 Å². The number of imidazole rings is 1. The third kappa shape index (κ3) is 4.83. The summed E-state index contributed by atoms with van der Waals surface area (Å²) in [4.78, 5) is 38.2. The van der Waals surface area contributed by atoms with E-state index in [1.807, 2.05) is 67.9 Å². The van der Waals surface area contributed by atoms with Crippen LogP contribution in [-0.2, 0) is 16.6 Å². The Hall–Kier alpha value is -3.17. The third-order valence-electron chi connectivity index (χ3n) is 6.21. The number of nitrogens with one attached hydrogen (secondary N) is 1. The third-order valence-corrected chi connectivity index (χ3v) is 8.24. The maximum atomic E-state index is 13.2. The Morgan fingerprint density at radius 2 is 1.94 bits per heavy atom. The van der Waals surface area contributed by atoms with Crippen LogP contribution in [0.5, 0.6) is 0 Å². The van der Waals surface area contributed by atoms with E-state index in [-0.39, 0.29) is 17.6 Å². The maximum absolute atomic E-state index is 13.2. The molecule has 1 aliphatic rings. The lowest BCUT2D eigenvalue weighted by atomic mass is 10.2. The summed E-state index contributed by atoms with van der Waals surface area (Å²) in [6.45, 7) is 4.55. The summed E-state index contributed by atoms with van der Waals surface area (Å²) in [7, 11) is 1.96. The van der Waals surface area contributed by atoms with E-state index in [1.54, 1.807) is 16.2 Å². The quantitative estimate of drug-likeness (QED) is 0.372. The fourth-order valence-corrected chi connectivity index (χ4v) is 6.21. The Morgan fingerprint density at radius 3 is 2.74 bits per heavy atom. The minimum atomic E-state index is -0.489. The SMILES string of the molecule is Cc1ccc2c(c1)nc(SCC(=O)N1CCC[C@H]1C(=O)Nc1nc(C)sc1-c1ccccc1)n2C. The Bertz CT molecular complexity index is 1400. The number of hydrogen-bond donors (Lipinski definition) is 1. The molecule has 7 nitrogen and oxygen atoms in total. The van der Waals surface area contributed by atoms with Crippen molar-refractivity contribution in [1.82, 2.24) is 19.4 Å². The van der Waals surface area contributed by atoms with E-state index in [0.717, 1.165) is 43.6 Å². The van der Waals surface area contributed by atoms with Crippen molar-refractivity contribution >= 4 is 51.8 Å². The number of hydrogen-bond acceptors (Lipinski definition) is 6. The van der Waals surface area contributed by atoms with Gasteiger partial charge in [-0.15, -0.1) is 11.3 Å². The zero-order chi connectivity index (χ0) is 24.5. The van der Waals surface area contributed by atoms with E-state index >= 15 is 0 Å². The molecule has 2 amide bonds. The van der Waals surface area contributed by atoms with E-state index in [0.29, 0.717) is 18.8 Å². The fourth-order valence-electron chi connectivity index (χ4n) is 4.46. The molecule has 0 spiro atoms. The summed E-state index contributed by atoms with van der Waals surface area (Å²) < 4.78 is 2.01. The van der Waals surface area contributed by atoms with Crippen LogP contribution in [0, 0.1) is 13.8 Å². The Kier molecular flexibility index (Phi) is 6.62. The molecule has 0 radical (unpaired) electrons. The van der Waals surface area contributed by atoms with Gasteiger partial charge in [0.15, 0.2) is 11.0 Å². The van der Waals surface area contributed by atoms with Crippen molar-refractivity contribution < 1.29 is 9.59 Å². The van der Waals surface area contributed by atoms with Gasteiger partial charge >= 0.3 is 0 Å². The molecule has 0 aliphatic carbocycles. The fraction of sp³-hybridized carbons (Fsp3) is 0.308. The number of aryl methyl sites for hydroxylation is 3. The molecule has 2 aromatic heterocycles. The summed E-state index contributed by atoms with van der Waals surface area (Å²) in [6.07, 6.45) is 1.46. The number of nitrogens with zero attached hydrogens (tertiary/aromatic N) is 4. The van der Waals surface area contributed by atoms with Gasteiger partial charge in [-0.25, -0.2) is 9.97 Å². The molecule has 3 heterocycles. The van der Waals surface area contributed by atoms with Crippen LogP contribution < -0.4 is 5.32 Å². The van der Waals surface area contributed by atoms with E-state index in [1.165, 1.54) is 11.8 Å². The van der Waals surface area contributed by atoms with Crippen molar-refractivity contribution in [3.05, 3.63) is 59.1 Å². The second-order valence-corrected chi connectivity index (χ2v) is 10.9. The minimum Gasteiger partial charge on any atom is -0.330 e. The molecule has 1 atom stereocenters. The number of anilines is 1. The zero-order valence-corrected chi connectivity index (χ0v) is 21.6. The first-order valence-corrected chi connectivity index (χ1v) is 13.4. The topological polar surface area (TPSA) is 80.1 Å². The van der Waals surface area contributed by atoms with Gasteiger partial charge in [0.05, 0.1) is 26.7 Å². The Morgan fingerprint density at radius 1 is 1.14 bits per heavy atom. The van der Waals surface area contributed by atoms with E-state index in [2.05, 4.69) is 16.4 Å². The number of rotatable bonds is 6. The monoisotopic (exact) mass is 505 g/mol. The number of amides is 2. The molecule has 1 aliphatic heterocycles. The smallest absolute Gasteiger partial charge is 0.248 e. The number of fused-ring (bicyclic) bond motifs is 1. The van der Waals surface area contributed by atoms with Crippen molar-refractivity contribution in [3.8, 4) is 10.4 Å². The first kappa shape index (κ1) is 23.6. The highest BCUT2D eigenvalue weighted by Gasteiger charge is 2.34. The average Bonchev–Trinajstić information content (AvgIpc) is 3.55. The van der Waals surface area contributed by atoms with Crippen molar-refractivity contribution in [1.29, 1.82) is 0 Å². The van der Waals surface area contributed by atoms with Crippen LogP contribution in [0.1, 0.15) is 23.4 Å². The largest absolute Gasteiger partial charge is 0.330 e. The molecule has 0 bridgehead atoms. The van der Waals surface area contributed by atoms with Gasteiger partial charge < -0.3 is 14.8 Å². The number of carbonyl (C=O) groups is 2. The number of thioether (sulfide) groups is 1. The highest BCUT2D eigenvalue weighted by Crippen LogP contribution is 2.34. The van der Waals surface area contributed by atoms with Crippen LogP contribution in [0.15, 0.2) is 53.7 Å². The molecule has 1 fully saturated rings. The standard InChI is InChI=1S/C26H27N5O2S2/c1-16-11-12-20-19(14-16)28-26(30(20)3)34-15-22(32)31-13-7-10-21(31)25(33)29-24-23(35-17(2)27-24)18-8-5-4-6-9-18/h4-6,8-9,11-12,14,21H,7,10,13,15H2,1-3H3,(H,29,33)/t21-/m0/s1. The minimum absolute atomic E-state index is 0.0476. The highest BCUT2D eigenvalue weighted by molar-refractivity contribution is 7.99. The summed E-state index contributed by atoms with van der Waals surface area (Å²) in [5, 5.41) is 4.68. The Balaban J connectivity index is 1.27. The van der Waals surface area contributed by atoms with E-state index in [4.69, 9.17) is 4.98 Å². The zero-order valence-electron chi connectivity index (χ0n) is 19.9. The van der Waals surface area contributed by atoms with Crippen molar-refractivity contribution in [2.75, 3.05) is 17.6 Å². The summed E-state index contributed by atoms with van der Waals surface area (Å²) in [5.74, 6) is 0.577. The van der Waals surface area contributed by atoms with Crippen molar-refractivity contribution in [3.63, 3.8) is 0 Å². The molecule has 5 rings (SSSR count). The molecular formula is C26H27N5O2S2. The van der Waals surface area contributed by atoms with Crippen LogP contribution in [-0.4, -0.2) is 49.6 Å².